The van der Waals surface area contributed by atoms with Crippen molar-refractivity contribution >= 4 is 44.6 Å². The fourth-order valence-electron chi connectivity index (χ4n) is 4.26. The van der Waals surface area contributed by atoms with Crippen molar-refractivity contribution in [3.05, 3.63) is 72.8 Å². The van der Waals surface area contributed by atoms with E-state index in [4.69, 9.17) is 22.9 Å². The van der Waals surface area contributed by atoms with Crippen molar-refractivity contribution < 1.29 is 0 Å². The average Bonchev–Trinajstić information content (AvgIpc) is 2.98. The summed E-state index contributed by atoms with van der Waals surface area (Å²) in [5, 5.41) is 2.34. The van der Waals surface area contributed by atoms with Crippen LogP contribution in [0.1, 0.15) is 0 Å². The van der Waals surface area contributed by atoms with Crippen LogP contribution in [0.15, 0.2) is 72.8 Å². The van der Waals surface area contributed by atoms with E-state index in [2.05, 4.69) is 48.0 Å². The van der Waals surface area contributed by atoms with E-state index in [1.807, 2.05) is 24.3 Å². The highest BCUT2D eigenvalue weighted by molar-refractivity contribution is 6.10. The second-order valence-electron chi connectivity index (χ2n) is 7.80. The quantitative estimate of drug-likeness (QED) is 0.317. The van der Waals surface area contributed by atoms with E-state index in [1.54, 1.807) is 12.1 Å². The van der Waals surface area contributed by atoms with Gasteiger partial charge in [-0.3, -0.25) is 0 Å². The van der Waals surface area contributed by atoms with Gasteiger partial charge in [0.25, 0.3) is 0 Å². The zero-order valence-corrected chi connectivity index (χ0v) is 16.7. The van der Waals surface area contributed by atoms with Gasteiger partial charge in [0, 0.05) is 51.6 Å². The highest BCUT2D eigenvalue weighted by Crippen LogP contribution is 2.36. The molecule has 5 nitrogen and oxygen atoms in total. The van der Waals surface area contributed by atoms with Crippen molar-refractivity contribution in [2.75, 3.05) is 22.9 Å². The molecule has 148 valence electrons. The van der Waals surface area contributed by atoms with Gasteiger partial charge in [-0.2, -0.15) is 0 Å². The number of rotatable bonds is 2. The first-order valence-corrected chi connectivity index (χ1v) is 9.74. The summed E-state index contributed by atoms with van der Waals surface area (Å²) in [6.07, 6.45) is 0. The molecule has 0 atom stereocenters. The highest BCUT2D eigenvalue weighted by Gasteiger charge is 2.12. The molecule has 0 spiro atoms. The Morgan fingerprint density at radius 3 is 1.20 bits per heavy atom. The van der Waals surface area contributed by atoms with E-state index < -0.39 is 0 Å². The minimum absolute atomic E-state index is 0.657. The number of nitrogen functional groups attached to an aromatic ring is 4. The van der Waals surface area contributed by atoms with Crippen LogP contribution in [-0.2, 0) is 7.05 Å². The molecule has 0 saturated heterocycles. The molecule has 0 amide bonds. The van der Waals surface area contributed by atoms with Gasteiger partial charge in [0.15, 0.2) is 0 Å². The second-order valence-corrected chi connectivity index (χ2v) is 7.80. The molecule has 1 heterocycles. The Morgan fingerprint density at radius 2 is 0.833 bits per heavy atom. The molecule has 5 rings (SSSR count). The summed E-state index contributed by atoms with van der Waals surface area (Å²) in [6, 6.07) is 24.2. The maximum Gasteiger partial charge on any atom is 0.0489 e. The largest absolute Gasteiger partial charge is 0.399 e. The topological polar surface area (TPSA) is 109 Å². The molecule has 0 unspecified atom stereocenters. The molecule has 0 bridgehead atoms. The standard InChI is InChI=1S/C25H23N5/c1-30-24-4-2-14(16-6-18(26)12-19(27)7-16)10-22(24)23-11-15(3-5-25(23)30)17-8-20(28)13-21(29)9-17/h2-13H,26-29H2,1H3. The third-order valence-electron chi connectivity index (χ3n) is 5.63. The summed E-state index contributed by atoms with van der Waals surface area (Å²) in [7, 11) is 2.08. The van der Waals surface area contributed by atoms with Crippen LogP contribution < -0.4 is 22.9 Å². The van der Waals surface area contributed by atoms with Crippen LogP contribution in [0.25, 0.3) is 44.1 Å². The number of fused-ring (bicyclic) bond motifs is 3. The molecule has 0 aliphatic rings. The number of hydrogen-bond donors (Lipinski definition) is 4. The van der Waals surface area contributed by atoms with E-state index in [9.17, 15) is 0 Å². The number of anilines is 4. The zero-order chi connectivity index (χ0) is 21.0. The van der Waals surface area contributed by atoms with E-state index in [0.29, 0.717) is 22.7 Å². The van der Waals surface area contributed by atoms with Crippen molar-refractivity contribution in [3.8, 4) is 22.3 Å². The SMILES string of the molecule is Cn1c2ccc(-c3cc(N)cc(N)c3)cc2c2cc(-c3cc(N)cc(N)c3)ccc21. The van der Waals surface area contributed by atoms with Crippen molar-refractivity contribution in [1.29, 1.82) is 0 Å². The minimum atomic E-state index is 0.657. The number of nitrogens with two attached hydrogens (primary N) is 4. The predicted molar refractivity (Wildman–Crippen MR) is 129 cm³/mol. The van der Waals surface area contributed by atoms with Crippen LogP contribution in [0.4, 0.5) is 22.7 Å². The molecule has 0 saturated carbocycles. The molecular weight excluding hydrogens is 370 g/mol. The maximum atomic E-state index is 6.01. The Labute approximate surface area is 174 Å². The molecule has 0 aliphatic heterocycles. The fraction of sp³-hybridized carbons (Fsp3) is 0.0400. The van der Waals surface area contributed by atoms with Gasteiger partial charge in [0.1, 0.15) is 0 Å². The summed E-state index contributed by atoms with van der Waals surface area (Å²) >= 11 is 0. The summed E-state index contributed by atoms with van der Waals surface area (Å²) in [6.45, 7) is 0. The molecule has 4 aromatic carbocycles. The minimum Gasteiger partial charge on any atom is -0.399 e. The summed E-state index contributed by atoms with van der Waals surface area (Å²) in [4.78, 5) is 0. The Balaban J connectivity index is 1.75. The third-order valence-corrected chi connectivity index (χ3v) is 5.63. The van der Waals surface area contributed by atoms with Gasteiger partial charge < -0.3 is 27.5 Å². The monoisotopic (exact) mass is 393 g/mol. The Bertz CT molecular complexity index is 1300. The van der Waals surface area contributed by atoms with Gasteiger partial charge in [-0.1, -0.05) is 12.1 Å². The lowest BCUT2D eigenvalue weighted by molar-refractivity contribution is 1.01. The lowest BCUT2D eigenvalue weighted by Gasteiger charge is -2.07. The molecular formula is C25H23N5. The van der Waals surface area contributed by atoms with Crippen LogP contribution in [0, 0.1) is 0 Å². The van der Waals surface area contributed by atoms with Gasteiger partial charge in [-0.05, 0) is 82.9 Å². The van der Waals surface area contributed by atoms with Crippen LogP contribution >= 0.6 is 0 Å². The van der Waals surface area contributed by atoms with Crippen molar-refractivity contribution in [1.82, 2.24) is 4.57 Å². The normalized spacial score (nSPS) is 11.4. The Kier molecular flexibility index (Phi) is 3.86. The van der Waals surface area contributed by atoms with Crippen LogP contribution in [-0.4, -0.2) is 4.57 Å². The number of nitrogens with zero attached hydrogens (tertiary/aromatic N) is 1. The highest BCUT2D eigenvalue weighted by atomic mass is 14.9. The fourth-order valence-corrected chi connectivity index (χ4v) is 4.26. The van der Waals surface area contributed by atoms with E-state index in [1.165, 1.54) is 10.8 Å². The molecule has 5 heteroatoms. The molecule has 8 N–H and O–H groups in total. The first kappa shape index (κ1) is 17.9. The molecule has 0 fully saturated rings. The first-order valence-electron chi connectivity index (χ1n) is 9.74. The lowest BCUT2D eigenvalue weighted by atomic mass is 9.99. The van der Waals surface area contributed by atoms with Crippen LogP contribution in [0.5, 0.6) is 0 Å². The van der Waals surface area contributed by atoms with Gasteiger partial charge in [-0.15, -0.1) is 0 Å². The van der Waals surface area contributed by atoms with Gasteiger partial charge in [0.2, 0.25) is 0 Å². The summed E-state index contributed by atoms with van der Waals surface area (Å²) in [5.41, 5.74) is 33.1. The third kappa shape index (κ3) is 2.88. The summed E-state index contributed by atoms with van der Waals surface area (Å²) < 4.78 is 2.21. The lowest BCUT2D eigenvalue weighted by Crippen LogP contribution is -1.91. The zero-order valence-electron chi connectivity index (χ0n) is 16.7. The van der Waals surface area contributed by atoms with Gasteiger partial charge in [0.05, 0.1) is 0 Å². The van der Waals surface area contributed by atoms with E-state index >= 15 is 0 Å². The van der Waals surface area contributed by atoms with Gasteiger partial charge in [-0.25, -0.2) is 0 Å². The molecule has 5 aromatic rings. The number of aromatic nitrogens is 1. The second kappa shape index (κ2) is 6.46. The molecule has 0 radical (unpaired) electrons. The Hall–Kier alpha value is -4.12. The van der Waals surface area contributed by atoms with Crippen molar-refractivity contribution in [2.24, 2.45) is 7.05 Å². The smallest absolute Gasteiger partial charge is 0.0489 e. The number of aryl methyl sites for hydroxylation is 1. The molecule has 0 aliphatic carbocycles. The van der Waals surface area contributed by atoms with Gasteiger partial charge >= 0.3 is 0 Å². The number of benzene rings is 4. The first-order chi connectivity index (χ1) is 14.4. The number of hydrogen-bond acceptors (Lipinski definition) is 4. The maximum absolute atomic E-state index is 6.01. The predicted octanol–water partition coefficient (Wildman–Crippen LogP) is 4.99. The average molecular weight is 393 g/mol. The van der Waals surface area contributed by atoms with Crippen molar-refractivity contribution in [2.45, 2.75) is 0 Å². The van der Waals surface area contributed by atoms with E-state index in [-0.39, 0.29) is 0 Å². The van der Waals surface area contributed by atoms with Crippen molar-refractivity contribution in [3.63, 3.8) is 0 Å². The summed E-state index contributed by atoms with van der Waals surface area (Å²) in [5.74, 6) is 0. The van der Waals surface area contributed by atoms with Crippen LogP contribution in [0.2, 0.25) is 0 Å². The van der Waals surface area contributed by atoms with E-state index in [0.717, 1.165) is 33.3 Å². The molecule has 1 aromatic heterocycles. The molecule has 30 heavy (non-hydrogen) atoms. The van der Waals surface area contributed by atoms with Crippen LogP contribution in [0.3, 0.4) is 0 Å². The Morgan fingerprint density at radius 1 is 0.467 bits per heavy atom.